The van der Waals surface area contributed by atoms with E-state index in [0.29, 0.717) is 18.7 Å². The maximum absolute atomic E-state index is 11.8. The first-order valence-corrected chi connectivity index (χ1v) is 7.38. The van der Waals surface area contributed by atoms with Crippen LogP contribution in [0.4, 0.5) is 5.69 Å². The Balaban J connectivity index is 1.75. The van der Waals surface area contributed by atoms with Crippen LogP contribution in [0.3, 0.4) is 0 Å². The number of rotatable bonds is 7. The molecule has 2 aromatic carbocycles. The Labute approximate surface area is 135 Å². The third-order valence-corrected chi connectivity index (χ3v) is 3.23. The number of hydrogen-bond acceptors (Lipinski definition) is 3. The molecule has 0 spiro atoms. The van der Waals surface area contributed by atoms with Gasteiger partial charge in [0.2, 0.25) is 11.8 Å². The van der Waals surface area contributed by atoms with Gasteiger partial charge in [0.25, 0.3) is 0 Å². The number of benzene rings is 2. The van der Waals surface area contributed by atoms with E-state index in [1.807, 2.05) is 42.5 Å². The van der Waals surface area contributed by atoms with Gasteiger partial charge in [-0.3, -0.25) is 9.59 Å². The van der Waals surface area contributed by atoms with Crippen molar-refractivity contribution in [3.63, 3.8) is 0 Å². The van der Waals surface area contributed by atoms with E-state index in [0.717, 1.165) is 11.1 Å². The summed E-state index contributed by atoms with van der Waals surface area (Å²) >= 11 is 0. The average molecular weight is 312 g/mol. The first-order chi connectivity index (χ1) is 11.2. The van der Waals surface area contributed by atoms with Gasteiger partial charge in [0, 0.05) is 12.7 Å². The molecule has 0 bridgehead atoms. The molecule has 0 radical (unpaired) electrons. The first kappa shape index (κ1) is 16.7. The van der Waals surface area contributed by atoms with E-state index >= 15 is 0 Å². The van der Waals surface area contributed by atoms with Crippen molar-refractivity contribution in [2.75, 3.05) is 19.0 Å². The lowest BCUT2D eigenvalue weighted by molar-refractivity contribution is -0.121. The molecule has 5 nitrogen and oxygen atoms in total. The molecule has 0 saturated carbocycles. The largest absolute Gasteiger partial charge is 0.367 e. The van der Waals surface area contributed by atoms with Crippen LogP contribution in [0.1, 0.15) is 11.1 Å². The Kier molecular flexibility index (Phi) is 6.32. The van der Waals surface area contributed by atoms with Crippen molar-refractivity contribution in [2.45, 2.75) is 13.0 Å². The Morgan fingerprint density at radius 1 is 0.913 bits per heavy atom. The van der Waals surface area contributed by atoms with Crippen molar-refractivity contribution in [3.8, 4) is 0 Å². The highest BCUT2D eigenvalue weighted by molar-refractivity contribution is 5.91. The number of ether oxygens (including phenoxy) is 1. The SMILES string of the molecule is CNC(=O)Cc1ccc(NC(=O)COCc2ccccc2)cc1. The topological polar surface area (TPSA) is 67.4 Å². The average Bonchev–Trinajstić information content (AvgIpc) is 2.57. The van der Waals surface area contributed by atoms with Crippen molar-refractivity contribution < 1.29 is 14.3 Å². The van der Waals surface area contributed by atoms with E-state index < -0.39 is 0 Å². The Bertz CT molecular complexity index is 639. The number of carbonyl (C=O) groups excluding carboxylic acids is 2. The van der Waals surface area contributed by atoms with Crippen LogP contribution < -0.4 is 10.6 Å². The fraction of sp³-hybridized carbons (Fsp3) is 0.222. The second-order valence-electron chi connectivity index (χ2n) is 5.07. The van der Waals surface area contributed by atoms with Gasteiger partial charge in [-0.25, -0.2) is 0 Å². The highest BCUT2D eigenvalue weighted by Gasteiger charge is 2.04. The number of likely N-dealkylation sites (N-methyl/N-ethyl adjacent to an activating group) is 1. The predicted molar refractivity (Wildman–Crippen MR) is 88.9 cm³/mol. The lowest BCUT2D eigenvalue weighted by atomic mass is 10.1. The van der Waals surface area contributed by atoms with Gasteiger partial charge >= 0.3 is 0 Å². The molecule has 0 atom stereocenters. The molecule has 0 fully saturated rings. The maximum Gasteiger partial charge on any atom is 0.250 e. The molecule has 2 rings (SSSR count). The minimum Gasteiger partial charge on any atom is -0.367 e. The van der Waals surface area contributed by atoms with Crippen LogP contribution in [0.5, 0.6) is 0 Å². The molecule has 0 unspecified atom stereocenters. The minimum absolute atomic E-state index is 0.00507. The second-order valence-corrected chi connectivity index (χ2v) is 5.07. The fourth-order valence-corrected chi connectivity index (χ4v) is 2.01. The summed E-state index contributed by atoms with van der Waals surface area (Å²) in [4.78, 5) is 23.1. The van der Waals surface area contributed by atoms with Crippen molar-refractivity contribution in [3.05, 3.63) is 65.7 Å². The van der Waals surface area contributed by atoms with Gasteiger partial charge in [0.15, 0.2) is 0 Å². The molecule has 2 aromatic rings. The van der Waals surface area contributed by atoms with Gasteiger partial charge in [-0.2, -0.15) is 0 Å². The first-order valence-electron chi connectivity index (χ1n) is 7.38. The maximum atomic E-state index is 11.8. The van der Waals surface area contributed by atoms with Crippen molar-refractivity contribution in [2.24, 2.45) is 0 Å². The normalized spacial score (nSPS) is 10.1. The van der Waals surface area contributed by atoms with Crippen LogP contribution in [0.25, 0.3) is 0 Å². The van der Waals surface area contributed by atoms with Gasteiger partial charge in [-0.1, -0.05) is 42.5 Å². The molecule has 0 aliphatic rings. The summed E-state index contributed by atoms with van der Waals surface area (Å²) in [6, 6.07) is 16.9. The van der Waals surface area contributed by atoms with Crippen LogP contribution >= 0.6 is 0 Å². The summed E-state index contributed by atoms with van der Waals surface area (Å²) in [6.45, 7) is 0.397. The summed E-state index contributed by atoms with van der Waals surface area (Å²) in [5, 5.41) is 5.33. The van der Waals surface area contributed by atoms with Crippen molar-refractivity contribution in [1.82, 2.24) is 5.32 Å². The monoisotopic (exact) mass is 312 g/mol. The quantitative estimate of drug-likeness (QED) is 0.823. The minimum atomic E-state index is -0.208. The van der Waals surface area contributed by atoms with Crippen LogP contribution in [-0.2, 0) is 27.4 Å². The van der Waals surface area contributed by atoms with Crippen LogP contribution in [0.15, 0.2) is 54.6 Å². The molecule has 0 aliphatic carbocycles. The standard InChI is InChI=1S/C18H20N2O3/c1-19-17(21)11-14-7-9-16(10-8-14)20-18(22)13-23-12-15-5-3-2-4-6-15/h2-10H,11-13H2,1H3,(H,19,21)(H,20,22). The highest BCUT2D eigenvalue weighted by atomic mass is 16.5. The molecule has 23 heavy (non-hydrogen) atoms. The third-order valence-electron chi connectivity index (χ3n) is 3.23. The highest BCUT2D eigenvalue weighted by Crippen LogP contribution is 2.10. The summed E-state index contributed by atoms with van der Waals surface area (Å²) in [6.07, 6.45) is 0.324. The van der Waals surface area contributed by atoms with E-state index in [1.165, 1.54) is 0 Å². The van der Waals surface area contributed by atoms with E-state index in [9.17, 15) is 9.59 Å². The Hall–Kier alpha value is -2.66. The molecular weight excluding hydrogens is 292 g/mol. The summed E-state index contributed by atoms with van der Waals surface area (Å²) in [5.41, 5.74) is 2.60. The second kappa shape index (κ2) is 8.70. The Morgan fingerprint density at radius 2 is 1.61 bits per heavy atom. The molecule has 0 aliphatic heterocycles. The number of hydrogen-bond donors (Lipinski definition) is 2. The lowest BCUT2D eigenvalue weighted by Gasteiger charge is -2.07. The van der Waals surface area contributed by atoms with Crippen LogP contribution in [0, 0.1) is 0 Å². The molecule has 0 heterocycles. The predicted octanol–water partition coefficient (Wildman–Crippen LogP) is 2.13. The van der Waals surface area contributed by atoms with E-state index in [1.54, 1.807) is 19.2 Å². The van der Waals surface area contributed by atoms with Gasteiger partial charge < -0.3 is 15.4 Å². The van der Waals surface area contributed by atoms with Gasteiger partial charge in [-0.05, 0) is 23.3 Å². The fourth-order valence-electron chi connectivity index (χ4n) is 2.01. The van der Waals surface area contributed by atoms with E-state index in [2.05, 4.69) is 10.6 Å². The zero-order valence-electron chi connectivity index (χ0n) is 13.0. The molecule has 120 valence electrons. The molecule has 5 heteroatoms. The lowest BCUT2D eigenvalue weighted by Crippen LogP contribution is -2.20. The number of carbonyl (C=O) groups is 2. The Morgan fingerprint density at radius 3 is 2.26 bits per heavy atom. The van der Waals surface area contributed by atoms with Crippen molar-refractivity contribution >= 4 is 17.5 Å². The van der Waals surface area contributed by atoms with Gasteiger partial charge in [0.05, 0.1) is 13.0 Å². The zero-order valence-corrected chi connectivity index (χ0v) is 13.0. The molecule has 2 amide bonds. The number of amides is 2. The molecule has 0 saturated heterocycles. The number of nitrogens with one attached hydrogen (secondary N) is 2. The molecule has 0 aromatic heterocycles. The molecule has 2 N–H and O–H groups in total. The third kappa shape index (κ3) is 5.92. The van der Waals surface area contributed by atoms with E-state index in [4.69, 9.17) is 4.74 Å². The summed E-state index contributed by atoms with van der Waals surface area (Å²) in [5.74, 6) is -0.254. The number of anilines is 1. The van der Waals surface area contributed by atoms with Crippen molar-refractivity contribution in [1.29, 1.82) is 0 Å². The molecular formula is C18H20N2O3. The van der Waals surface area contributed by atoms with Gasteiger partial charge in [-0.15, -0.1) is 0 Å². The summed E-state index contributed by atoms with van der Waals surface area (Å²) < 4.78 is 5.38. The summed E-state index contributed by atoms with van der Waals surface area (Å²) in [7, 11) is 1.60. The van der Waals surface area contributed by atoms with Crippen LogP contribution in [0.2, 0.25) is 0 Å². The van der Waals surface area contributed by atoms with E-state index in [-0.39, 0.29) is 18.4 Å². The van der Waals surface area contributed by atoms with Gasteiger partial charge in [0.1, 0.15) is 6.61 Å². The van der Waals surface area contributed by atoms with Crippen LogP contribution in [-0.4, -0.2) is 25.5 Å². The smallest absolute Gasteiger partial charge is 0.250 e. The zero-order chi connectivity index (χ0) is 16.5.